The number of nitrogens with one attached hydrogen (secondary N) is 1. The van der Waals surface area contributed by atoms with Crippen LogP contribution in [-0.4, -0.2) is 25.0 Å². The molecule has 0 atom stereocenters. The van der Waals surface area contributed by atoms with Crippen molar-refractivity contribution in [2.24, 2.45) is 0 Å². The molecule has 0 fully saturated rings. The summed E-state index contributed by atoms with van der Waals surface area (Å²) in [5.74, 6) is 2.03. The Labute approximate surface area is 122 Å². The van der Waals surface area contributed by atoms with E-state index in [0.717, 1.165) is 29.6 Å². The average Bonchev–Trinajstić information content (AvgIpc) is 3.10. The molecule has 0 aliphatic heterocycles. The average molecular weight is 289 g/mol. The van der Waals surface area contributed by atoms with Crippen molar-refractivity contribution in [3.63, 3.8) is 0 Å². The van der Waals surface area contributed by atoms with Gasteiger partial charge in [-0.1, -0.05) is 20.8 Å². The molecule has 3 rings (SSSR count). The SMILES string of the molecule is CCc1nccn1-c1nc2sccn2c1CNC(C)C. The van der Waals surface area contributed by atoms with Gasteiger partial charge in [0.05, 0.1) is 5.69 Å². The molecular weight excluding hydrogens is 270 g/mol. The van der Waals surface area contributed by atoms with E-state index < -0.39 is 0 Å². The normalized spacial score (nSPS) is 11.8. The molecule has 0 saturated heterocycles. The van der Waals surface area contributed by atoms with E-state index in [1.807, 2.05) is 12.4 Å². The summed E-state index contributed by atoms with van der Waals surface area (Å²) in [5, 5.41) is 5.55. The van der Waals surface area contributed by atoms with Gasteiger partial charge in [-0.15, -0.1) is 11.3 Å². The van der Waals surface area contributed by atoms with Crippen LogP contribution >= 0.6 is 11.3 Å². The molecular formula is C14H19N5S. The Hall–Kier alpha value is -1.66. The summed E-state index contributed by atoms with van der Waals surface area (Å²) in [6, 6.07) is 0.445. The predicted octanol–water partition coefficient (Wildman–Crippen LogP) is 2.64. The van der Waals surface area contributed by atoms with Gasteiger partial charge >= 0.3 is 0 Å². The summed E-state index contributed by atoms with van der Waals surface area (Å²) < 4.78 is 4.26. The van der Waals surface area contributed by atoms with Gasteiger partial charge < -0.3 is 5.32 Å². The fourth-order valence-electron chi connectivity index (χ4n) is 2.27. The topological polar surface area (TPSA) is 47.2 Å². The summed E-state index contributed by atoms with van der Waals surface area (Å²) in [6.07, 6.45) is 6.81. The fraction of sp³-hybridized carbons (Fsp3) is 0.429. The zero-order valence-corrected chi connectivity index (χ0v) is 12.8. The lowest BCUT2D eigenvalue weighted by molar-refractivity contribution is 0.577. The maximum absolute atomic E-state index is 4.77. The van der Waals surface area contributed by atoms with Crippen LogP contribution < -0.4 is 5.32 Å². The number of rotatable bonds is 5. The summed E-state index contributed by atoms with van der Waals surface area (Å²) >= 11 is 1.66. The van der Waals surface area contributed by atoms with Gasteiger partial charge in [-0.2, -0.15) is 0 Å². The van der Waals surface area contributed by atoms with Crippen LogP contribution in [-0.2, 0) is 13.0 Å². The molecule has 0 bridgehead atoms. The van der Waals surface area contributed by atoms with Crippen molar-refractivity contribution >= 4 is 16.3 Å². The highest BCUT2D eigenvalue weighted by Crippen LogP contribution is 2.22. The number of aryl methyl sites for hydroxylation is 1. The van der Waals surface area contributed by atoms with Crippen LogP contribution in [0.1, 0.15) is 32.3 Å². The van der Waals surface area contributed by atoms with Gasteiger partial charge in [0.1, 0.15) is 5.82 Å². The van der Waals surface area contributed by atoms with E-state index in [1.165, 1.54) is 5.69 Å². The molecule has 106 valence electrons. The number of hydrogen-bond acceptors (Lipinski definition) is 4. The summed E-state index contributed by atoms with van der Waals surface area (Å²) in [5.41, 5.74) is 1.18. The monoisotopic (exact) mass is 289 g/mol. The van der Waals surface area contributed by atoms with E-state index in [9.17, 15) is 0 Å². The Morgan fingerprint density at radius 3 is 2.95 bits per heavy atom. The van der Waals surface area contributed by atoms with Gasteiger partial charge in [-0.3, -0.25) is 8.97 Å². The lowest BCUT2D eigenvalue weighted by Crippen LogP contribution is -2.23. The number of hydrogen-bond donors (Lipinski definition) is 1. The first-order valence-electron chi connectivity index (χ1n) is 6.91. The molecule has 1 N–H and O–H groups in total. The molecule has 0 spiro atoms. The molecule has 20 heavy (non-hydrogen) atoms. The van der Waals surface area contributed by atoms with E-state index in [1.54, 1.807) is 11.3 Å². The fourth-order valence-corrected chi connectivity index (χ4v) is 3.00. The van der Waals surface area contributed by atoms with Crippen LogP contribution in [0.15, 0.2) is 24.0 Å². The van der Waals surface area contributed by atoms with Crippen LogP contribution in [0.25, 0.3) is 10.8 Å². The molecule has 3 heterocycles. The van der Waals surface area contributed by atoms with Crippen molar-refractivity contribution in [3.8, 4) is 5.82 Å². The van der Waals surface area contributed by atoms with E-state index in [-0.39, 0.29) is 0 Å². The molecule has 5 nitrogen and oxygen atoms in total. The van der Waals surface area contributed by atoms with Crippen LogP contribution in [0.4, 0.5) is 0 Å². The van der Waals surface area contributed by atoms with Gasteiger partial charge in [-0.05, 0) is 0 Å². The van der Waals surface area contributed by atoms with Gasteiger partial charge in [0.2, 0.25) is 0 Å². The van der Waals surface area contributed by atoms with E-state index in [2.05, 4.69) is 51.6 Å². The highest BCUT2D eigenvalue weighted by molar-refractivity contribution is 7.15. The first kappa shape index (κ1) is 13.3. The maximum Gasteiger partial charge on any atom is 0.195 e. The second-order valence-corrected chi connectivity index (χ2v) is 5.91. The zero-order chi connectivity index (χ0) is 14.1. The molecule has 0 amide bonds. The lowest BCUT2D eigenvalue weighted by Gasteiger charge is -2.10. The number of fused-ring (bicyclic) bond motifs is 1. The number of nitrogens with zero attached hydrogens (tertiary/aromatic N) is 4. The Kier molecular flexibility index (Phi) is 3.58. The summed E-state index contributed by atoms with van der Waals surface area (Å²) in [4.78, 5) is 10.2. The lowest BCUT2D eigenvalue weighted by atomic mass is 10.3. The Bertz CT molecular complexity index is 706. The van der Waals surface area contributed by atoms with Crippen molar-refractivity contribution in [1.82, 2.24) is 24.3 Å². The number of thiazole rings is 1. The Morgan fingerprint density at radius 2 is 2.20 bits per heavy atom. The number of aromatic nitrogens is 4. The predicted molar refractivity (Wildman–Crippen MR) is 81.5 cm³/mol. The highest BCUT2D eigenvalue weighted by Gasteiger charge is 2.16. The summed E-state index contributed by atoms with van der Waals surface area (Å²) in [6.45, 7) is 7.22. The van der Waals surface area contributed by atoms with Crippen LogP contribution in [0.3, 0.4) is 0 Å². The molecule has 3 aromatic heterocycles. The van der Waals surface area contributed by atoms with E-state index >= 15 is 0 Å². The molecule has 0 radical (unpaired) electrons. The van der Waals surface area contributed by atoms with E-state index in [0.29, 0.717) is 6.04 Å². The minimum atomic E-state index is 0.445. The minimum Gasteiger partial charge on any atom is -0.309 e. The van der Waals surface area contributed by atoms with Crippen molar-refractivity contribution < 1.29 is 0 Å². The Morgan fingerprint density at radius 1 is 1.35 bits per heavy atom. The first-order valence-corrected chi connectivity index (χ1v) is 7.79. The smallest absolute Gasteiger partial charge is 0.195 e. The minimum absolute atomic E-state index is 0.445. The van der Waals surface area contributed by atoms with Gasteiger partial charge in [0.15, 0.2) is 10.8 Å². The largest absolute Gasteiger partial charge is 0.309 e. The van der Waals surface area contributed by atoms with Crippen molar-refractivity contribution in [3.05, 3.63) is 35.5 Å². The van der Waals surface area contributed by atoms with Crippen molar-refractivity contribution in [1.29, 1.82) is 0 Å². The molecule has 0 unspecified atom stereocenters. The van der Waals surface area contributed by atoms with Gasteiger partial charge in [-0.25, -0.2) is 9.97 Å². The van der Waals surface area contributed by atoms with Gasteiger partial charge in [0, 0.05) is 43.0 Å². The quantitative estimate of drug-likeness (QED) is 0.785. The number of imidazole rings is 2. The maximum atomic E-state index is 4.77. The Balaban J connectivity index is 2.09. The van der Waals surface area contributed by atoms with E-state index in [4.69, 9.17) is 4.98 Å². The zero-order valence-electron chi connectivity index (χ0n) is 12.0. The molecule has 3 aromatic rings. The molecule has 0 aliphatic carbocycles. The van der Waals surface area contributed by atoms with Crippen molar-refractivity contribution in [2.45, 2.75) is 39.8 Å². The van der Waals surface area contributed by atoms with Crippen LogP contribution in [0.2, 0.25) is 0 Å². The van der Waals surface area contributed by atoms with Gasteiger partial charge in [0.25, 0.3) is 0 Å². The second-order valence-electron chi connectivity index (χ2n) is 5.04. The molecule has 6 heteroatoms. The van der Waals surface area contributed by atoms with Crippen LogP contribution in [0, 0.1) is 0 Å². The third-order valence-electron chi connectivity index (χ3n) is 3.28. The molecule has 0 aliphatic rings. The first-order chi connectivity index (χ1) is 9.70. The van der Waals surface area contributed by atoms with Crippen molar-refractivity contribution in [2.75, 3.05) is 0 Å². The third-order valence-corrected chi connectivity index (χ3v) is 4.04. The highest BCUT2D eigenvalue weighted by atomic mass is 32.1. The summed E-state index contributed by atoms with van der Waals surface area (Å²) in [7, 11) is 0. The standard InChI is InChI=1S/C14H19N5S/c1-4-12-15-5-6-19(12)13-11(9-16-10(2)3)18-7-8-20-14(18)17-13/h5-8,10,16H,4,9H2,1-3H3. The molecule has 0 saturated carbocycles. The third kappa shape index (κ3) is 2.25. The van der Waals surface area contributed by atoms with Crippen LogP contribution in [0.5, 0.6) is 0 Å². The molecule has 0 aromatic carbocycles. The second kappa shape index (κ2) is 5.38.